The van der Waals surface area contributed by atoms with Crippen molar-refractivity contribution in [3.05, 3.63) is 35.5 Å². The van der Waals surface area contributed by atoms with Crippen molar-refractivity contribution in [2.24, 2.45) is 46.3 Å². The van der Waals surface area contributed by atoms with Crippen LogP contribution in [0.15, 0.2) is 35.5 Å². The number of allylic oxidation sites excluding steroid dienone is 4. The molecule has 4 aliphatic carbocycles. The smallest absolute Gasteiger partial charge is 0.338 e. The Morgan fingerprint density at radius 1 is 0.600 bits per heavy atom. The number of ether oxygens (including phenoxy) is 2. The Morgan fingerprint density at radius 2 is 0.920 bits per heavy atom. The predicted octanol–water partition coefficient (Wildman–Crippen LogP) is 9.58. The van der Waals surface area contributed by atoms with Crippen LogP contribution in [0.1, 0.15) is 52.4 Å². The summed E-state index contributed by atoms with van der Waals surface area (Å²) in [5, 5.41) is 0. The van der Waals surface area contributed by atoms with Crippen LogP contribution in [-0.2, 0) is 28.7 Å². The van der Waals surface area contributed by atoms with Crippen LogP contribution in [0.5, 0.6) is 0 Å². The van der Waals surface area contributed by atoms with E-state index in [1.165, 1.54) is 48.4 Å². The van der Waals surface area contributed by atoms with E-state index in [0.29, 0.717) is 11.8 Å². The van der Waals surface area contributed by atoms with E-state index in [1.54, 1.807) is 11.1 Å². The van der Waals surface area contributed by atoms with Crippen LogP contribution < -0.4 is 0 Å². The van der Waals surface area contributed by atoms with E-state index in [9.17, 15) is 19.2 Å². The summed E-state index contributed by atoms with van der Waals surface area (Å²) in [6.07, 6.45) is 12.4. The minimum Gasteiger partial charge on any atom is -0.390 e. The summed E-state index contributed by atoms with van der Waals surface area (Å²) >= 11 is 0. The standard InChI is InChI=1S/C40H64O6Si4/c1-11-39(21-47(3,4)25-48(5,6)22-39)33-19-27-15-29(33)17-31(27)37(43)45-35(41)13-14-36(42)46-38(44)32-18-30-16-28(32)20-34(30)40(12-2)23-49(7,8)26-50(9,10)24-40/h13-14,19-20,27-32H,11-12,15-18,21-26H2,1-10H3/b14-13-. The minimum atomic E-state index is -1.28. The lowest BCUT2D eigenvalue weighted by molar-refractivity contribution is -0.162. The van der Waals surface area contributed by atoms with Gasteiger partial charge < -0.3 is 9.47 Å². The normalized spacial score (nSPS) is 35.0. The van der Waals surface area contributed by atoms with Crippen LogP contribution in [0.3, 0.4) is 0 Å². The highest BCUT2D eigenvalue weighted by atomic mass is 28.4. The van der Waals surface area contributed by atoms with Gasteiger partial charge >= 0.3 is 23.9 Å². The van der Waals surface area contributed by atoms with E-state index in [4.69, 9.17) is 9.47 Å². The Bertz CT molecular complexity index is 1390. The van der Waals surface area contributed by atoms with Crippen molar-refractivity contribution in [1.29, 1.82) is 0 Å². The maximum Gasteiger partial charge on any atom is 0.338 e. The lowest BCUT2D eigenvalue weighted by Crippen LogP contribution is -2.53. The third kappa shape index (κ3) is 7.43. The van der Waals surface area contributed by atoms with Crippen molar-refractivity contribution in [1.82, 2.24) is 0 Å². The minimum absolute atomic E-state index is 0.116. The van der Waals surface area contributed by atoms with Crippen molar-refractivity contribution in [2.45, 2.75) is 140 Å². The maximum atomic E-state index is 13.1. The second-order valence-corrected chi connectivity index (χ2v) is 42.5. The third-order valence-electron chi connectivity index (χ3n) is 14.0. The molecule has 10 heteroatoms. The molecular formula is C40H64O6Si4. The van der Waals surface area contributed by atoms with E-state index in [-0.39, 0.29) is 34.5 Å². The zero-order valence-electron chi connectivity index (χ0n) is 32.7. The second-order valence-electron chi connectivity index (χ2n) is 20.9. The lowest BCUT2D eigenvalue weighted by atomic mass is 9.73. The molecule has 0 radical (unpaired) electrons. The van der Waals surface area contributed by atoms with Crippen LogP contribution in [-0.4, -0.2) is 56.2 Å². The number of hydrogen-bond acceptors (Lipinski definition) is 6. The molecule has 0 aromatic heterocycles. The predicted molar refractivity (Wildman–Crippen MR) is 211 cm³/mol. The Morgan fingerprint density at radius 3 is 1.18 bits per heavy atom. The first-order valence-corrected chi connectivity index (χ1v) is 33.4. The molecule has 6 aliphatic rings. The average Bonchev–Trinajstić information content (AvgIpc) is 3.78. The zero-order valence-corrected chi connectivity index (χ0v) is 36.7. The highest BCUT2D eigenvalue weighted by Gasteiger charge is 2.57. The quantitative estimate of drug-likeness (QED) is 0.0807. The lowest BCUT2D eigenvalue weighted by Gasteiger charge is -2.52. The monoisotopic (exact) mass is 752 g/mol. The van der Waals surface area contributed by atoms with Crippen LogP contribution in [0.4, 0.5) is 0 Å². The van der Waals surface area contributed by atoms with E-state index in [0.717, 1.165) is 37.8 Å². The topological polar surface area (TPSA) is 86.7 Å². The van der Waals surface area contributed by atoms with E-state index < -0.39 is 56.2 Å². The Balaban J connectivity index is 1.01. The highest BCUT2D eigenvalue weighted by molar-refractivity contribution is 6.97. The Labute approximate surface area is 305 Å². The van der Waals surface area contributed by atoms with Crippen molar-refractivity contribution < 1.29 is 28.7 Å². The van der Waals surface area contributed by atoms with E-state index in [2.05, 4.69) is 78.4 Å². The number of esters is 4. The molecule has 0 aromatic carbocycles. The molecule has 2 saturated heterocycles. The molecule has 6 atom stereocenters. The molecular weight excluding hydrogens is 689 g/mol. The van der Waals surface area contributed by atoms with Gasteiger partial charge in [0.25, 0.3) is 0 Å². The van der Waals surface area contributed by atoms with Gasteiger partial charge in [-0.3, -0.25) is 9.59 Å². The fraction of sp³-hybridized carbons (Fsp3) is 0.750. The van der Waals surface area contributed by atoms with Crippen LogP contribution in [0.2, 0.25) is 87.9 Å². The first-order valence-electron chi connectivity index (χ1n) is 19.7. The zero-order chi connectivity index (χ0) is 36.7. The third-order valence-corrected chi connectivity index (χ3v) is 35.9. The first kappa shape index (κ1) is 38.1. The SMILES string of the molecule is CCC1(C2=CC3CC2CC3C(=O)OC(=O)/C=C\C(=O)OC(=O)C2CC3CC2C=C3C2(CC)C[Si](C)(C)C[Si](C)(C)C2)C[Si](C)(C)C[Si](C)(C)C1. The molecule has 6 unspecified atom stereocenters. The van der Waals surface area contributed by atoms with Crippen LogP contribution >= 0.6 is 0 Å². The van der Waals surface area contributed by atoms with Crippen molar-refractivity contribution in [2.75, 3.05) is 0 Å². The largest absolute Gasteiger partial charge is 0.390 e. The van der Waals surface area contributed by atoms with Gasteiger partial charge in [0.05, 0.1) is 11.8 Å². The molecule has 0 amide bonds. The first-order chi connectivity index (χ1) is 23.1. The van der Waals surface area contributed by atoms with Crippen molar-refractivity contribution in [3.63, 3.8) is 0 Å². The summed E-state index contributed by atoms with van der Waals surface area (Å²) in [6, 6.07) is 5.38. The van der Waals surface area contributed by atoms with Gasteiger partial charge in [0.1, 0.15) is 0 Å². The summed E-state index contributed by atoms with van der Waals surface area (Å²) in [5.41, 5.74) is 6.77. The van der Waals surface area contributed by atoms with Crippen molar-refractivity contribution >= 4 is 56.2 Å². The molecule has 6 nitrogen and oxygen atoms in total. The summed E-state index contributed by atoms with van der Waals surface area (Å²) in [4.78, 5) is 51.5. The number of carbonyl (C=O) groups is 4. The molecule has 2 heterocycles. The molecule has 276 valence electrons. The fourth-order valence-electron chi connectivity index (χ4n) is 14.0. The fourth-order valence-corrected chi connectivity index (χ4v) is 46.9. The Hall–Kier alpha value is -1.63. The Kier molecular flexibility index (Phi) is 9.94. The number of carbonyl (C=O) groups excluding carboxylic acids is 4. The molecule has 2 aliphatic heterocycles. The molecule has 50 heavy (non-hydrogen) atoms. The van der Waals surface area contributed by atoms with Gasteiger partial charge in [-0.05, 0) is 97.2 Å². The number of rotatable bonds is 8. The van der Waals surface area contributed by atoms with E-state index in [1.807, 2.05) is 0 Å². The molecule has 4 bridgehead atoms. The van der Waals surface area contributed by atoms with Gasteiger partial charge in [0.2, 0.25) is 0 Å². The van der Waals surface area contributed by atoms with Gasteiger partial charge in [-0.25, -0.2) is 9.59 Å². The van der Waals surface area contributed by atoms with Crippen LogP contribution in [0.25, 0.3) is 0 Å². The summed E-state index contributed by atoms with van der Waals surface area (Å²) in [7, 11) is -5.13. The summed E-state index contributed by atoms with van der Waals surface area (Å²) in [5.74, 6) is -2.39. The molecule has 4 fully saturated rings. The summed E-state index contributed by atoms with van der Waals surface area (Å²) in [6.45, 7) is 25.2. The molecule has 0 N–H and O–H groups in total. The maximum absolute atomic E-state index is 13.1. The van der Waals surface area contributed by atoms with Gasteiger partial charge in [0, 0.05) is 44.4 Å². The molecule has 2 saturated carbocycles. The van der Waals surface area contributed by atoms with Crippen LogP contribution in [0, 0.1) is 46.3 Å². The number of hydrogen-bond donors (Lipinski definition) is 0. The van der Waals surface area contributed by atoms with Gasteiger partial charge in [0.15, 0.2) is 0 Å². The van der Waals surface area contributed by atoms with Gasteiger partial charge in [-0.2, -0.15) is 0 Å². The number of fused-ring (bicyclic) bond motifs is 4. The summed E-state index contributed by atoms with van der Waals surface area (Å²) < 4.78 is 10.4. The van der Waals surface area contributed by atoms with Gasteiger partial charge in [-0.1, -0.05) is 101 Å². The molecule has 6 rings (SSSR count). The van der Waals surface area contributed by atoms with Gasteiger partial charge in [-0.15, -0.1) is 0 Å². The molecule has 0 aromatic rings. The molecule has 0 spiro atoms. The highest BCUT2D eigenvalue weighted by Crippen LogP contribution is 2.63. The average molecular weight is 753 g/mol. The van der Waals surface area contributed by atoms with E-state index >= 15 is 0 Å². The van der Waals surface area contributed by atoms with Crippen molar-refractivity contribution in [3.8, 4) is 0 Å². The second kappa shape index (κ2) is 13.0.